The van der Waals surface area contributed by atoms with Gasteiger partial charge in [0.1, 0.15) is 38.8 Å². The number of benzene rings is 3. The molecule has 0 spiro atoms. The van der Waals surface area contributed by atoms with Crippen molar-refractivity contribution in [3.8, 4) is 17.2 Å². The number of nitrogens with zero attached hydrogens (tertiary/aromatic N) is 2. The minimum Gasteiger partial charge on any atom is -0.497 e. The standard InChI is InChI=1S/C24H17F5N2O4S2/c1-34-16-8-15(24(27,28)29)9-17(10-16)35-20-11-19(26)21(12-18(20)25)37(32,33)13-23-30-22(31-36-23)7-14-5-3-2-4-6-14/h2-6,8-12H,7,13H2,1H3. The van der Waals surface area contributed by atoms with Gasteiger partial charge in [0.25, 0.3) is 0 Å². The summed E-state index contributed by atoms with van der Waals surface area (Å²) < 4.78 is 108. The van der Waals surface area contributed by atoms with Gasteiger partial charge < -0.3 is 9.47 Å². The van der Waals surface area contributed by atoms with Gasteiger partial charge in [0, 0.05) is 18.6 Å². The Morgan fingerprint density at radius 2 is 1.65 bits per heavy atom. The second-order valence-corrected chi connectivity index (χ2v) is 10.5. The molecule has 4 aromatic rings. The van der Waals surface area contributed by atoms with Crippen LogP contribution >= 0.6 is 11.5 Å². The highest BCUT2D eigenvalue weighted by Crippen LogP contribution is 2.37. The van der Waals surface area contributed by atoms with Crippen LogP contribution in [-0.4, -0.2) is 24.9 Å². The Morgan fingerprint density at radius 1 is 0.946 bits per heavy atom. The van der Waals surface area contributed by atoms with Crippen molar-refractivity contribution < 1.29 is 39.8 Å². The van der Waals surface area contributed by atoms with Crippen molar-refractivity contribution >= 4 is 21.4 Å². The molecule has 0 fully saturated rings. The van der Waals surface area contributed by atoms with Gasteiger partial charge in [-0.05, 0) is 35.3 Å². The van der Waals surface area contributed by atoms with E-state index in [1.54, 1.807) is 0 Å². The highest BCUT2D eigenvalue weighted by Gasteiger charge is 2.32. The van der Waals surface area contributed by atoms with Crippen LogP contribution in [0.4, 0.5) is 22.0 Å². The second-order valence-electron chi connectivity index (χ2n) is 7.74. The summed E-state index contributed by atoms with van der Waals surface area (Å²) in [5, 5.41) is 0.0853. The molecule has 194 valence electrons. The smallest absolute Gasteiger partial charge is 0.416 e. The third-order valence-corrected chi connectivity index (χ3v) is 7.59. The number of halogens is 5. The topological polar surface area (TPSA) is 78.4 Å². The molecule has 0 atom stereocenters. The van der Waals surface area contributed by atoms with Crippen LogP contribution in [0.2, 0.25) is 0 Å². The zero-order valence-corrected chi connectivity index (χ0v) is 20.6. The number of aromatic nitrogens is 2. The molecule has 0 bridgehead atoms. The number of rotatable bonds is 8. The van der Waals surface area contributed by atoms with E-state index in [0.717, 1.165) is 30.3 Å². The largest absolute Gasteiger partial charge is 0.497 e. The molecule has 0 saturated heterocycles. The molecule has 1 aromatic heterocycles. The van der Waals surface area contributed by atoms with Gasteiger partial charge in [0.05, 0.1) is 12.7 Å². The molecule has 0 N–H and O–H groups in total. The Morgan fingerprint density at radius 3 is 2.32 bits per heavy atom. The number of hydrogen-bond acceptors (Lipinski definition) is 7. The lowest BCUT2D eigenvalue weighted by atomic mass is 10.1. The molecule has 0 saturated carbocycles. The molecule has 0 radical (unpaired) electrons. The number of alkyl halides is 3. The first-order valence-corrected chi connectivity index (χ1v) is 12.9. The quantitative estimate of drug-likeness (QED) is 0.241. The summed E-state index contributed by atoms with van der Waals surface area (Å²) >= 11 is 0.827. The Bertz CT molecular complexity index is 1520. The molecule has 6 nitrogen and oxygen atoms in total. The van der Waals surface area contributed by atoms with E-state index in [1.165, 1.54) is 0 Å². The van der Waals surface area contributed by atoms with Crippen LogP contribution in [0.3, 0.4) is 0 Å². The summed E-state index contributed by atoms with van der Waals surface area (Å²) in [6.07, 6.45) is -4.38. The van der Waals surface area contributed by atoms with Crippen LogP contribution in [0.25, 0.3) is 0 Å². The maximum atomic E-state index is 14.8. The number of sulfone groups is 1. The first-order valence-electron chi connectivity index (χ1n) is 10.5. The molecule has 0 aliphatic rings. The van der Waals surface area contributed by atoms with E-state index in [4.69, 9.17) is 9.47 Å². The molecule has 4 rings (SSSR count). The van der Waals surface area contributed by atoms with E-state index in [2.05, 4.69) is 9.36 Å². The van der Waals surface area contributed by atoms with Crippen LogP contribution < -0.4 is 9.47 Å². The van der Waals surface area contributed by atoms with Crippen molar-refractivity contribution in [2.75, 3.05) is 7.11 Å². The van der Waals surface area contributed by atoms with E-state index in [0.29, 0.717) is 36.5 Å². The van der Waals surface area contributed by atoms with Gasteiger partial charge in [-0.15, -0.1) is 0 Å². The van der Waals surface area contributed by atoms with Gasteiger partial charge >= 0.3 is 6.18 Å². The zero-order valence-electron chi connectivity index (χ0n) is 18.9. The average Bonchev–Trinajstić information content (AvgIpc) is 3.26. The Kier molecular flexibility index (Phi) is 7.46. The molecule has 0 unspecified atom stereocenters. The van der Waals surface area contributed by atoms with Crippen LogP contribution in [0, 0.1) is 11.6 Å². The first-order chi connectivity index (χ1) is 17.4. The molecule has 0 aliphatic heterocycles. The van der Waals surface area contributed by atoms with Crippen molar-refractivity contribution in [1.82, 2.24) is 9.36 Å². The maximum Gasteiger partial charge on any atom is 0.416 e. The second kappa shape index (κ2) is 10.4. The fraction of sp³-hybridized carbons (Fsp3) is 0.167. The van der Waals surface area contributed by atoms with Crippen molar-refractivity contribution in [2.24, 2.45) is 0 Å². The third kappa shape index (κ3) is 6.41. The highest BCUT2D eigenvalue weighted by molar-refractivity contribution is 7.90. The molecule has 0 amide bonds. The molecule has 0 aliphatic carbocycles. The van der Waals surface area contributed by atoms with Crippen LogP contribution in [-0.2, 0) is 28.2 Å². The fourth-order valence-corrected chi connectivity index (χ4v) is 5.63. The number of hydrogen-bond donors (Lipinski definition) is 0. The summed E-state index contributed by atoms with van der Waals surface area (Å²) in [6.45, 7) is 0. The summed E-state index contributed by atoms with van der Waals surface area (Å²) in [5.74, 6) is -4.50. The zero-order chi connectivity index (χ0) is 26.8. The number of methoxy groups -OCH3 is 1. The molecular formula is C24H17F5N2O4S2. The molecule has 13 heteroatoms. The van der Waals surface area contributed by atoms with Gasteiger partial charge in [-0.1, -0.05) is 30.3 Å². The van der Waals surface area contributed by atoms with E-state index < -0.39 is 55.4 Å². The minimum absolute atomic E-state index is 0.0853. The lowest BCUT2D eigenvalue weighted by Gasteiger charge is -2.13. The third-order valence-electron chi connectivity index (χ3n) is 5.02. The first kappa shape index (κ1) is 26.5. The van der Waals surface area contributed by atoms with Crippen molar-refractivity contribution in [3.05, 3.63) is 94.3 Å². The minimum atomic E-state index is -4.75. The monoisotopic (exact) mass is 556 g/mol. The van der Waals surface area contributed by atoms with Gasteiger partial charge in [-0.25, -0.2) is 22.2 Å². The van der Waals surface area contributed by atoms with E-state index in [9.17, 15) is 30.4 Å². The van der Waals surface area contributed by atoms with E-state index in [-0.39, 0.29) is 10.8 Å². The summed E-state index contributed by atoms with van der Waals surface area (Å²) in [4.78, 5) is 3.22. The Balaban J connectivity index is 1.55. The van der Waals surface area contributed by atoms with E-state index >= 15 is 0 Å². The lowest BCUT2D eigenvalue weighted by Crippen LogP contribution is -2.09. The summed E-state index contributed by atoms with van der Waals surface area (Å²) in [5.41, 5.74) is -0.220. The van der Waals surface area contributed by atoms with Gasteiger partial charge in [-0.3, -0.25) is 0 Å². The summed E-state index contributed by atoms with van der Waals surface area (Å²) in [7, 11) is -3.26. The molecule has 37 heavy (non-hydrogen) atoms. The van der Waals surface area contributed by atoms with Crippen molar-refractivity contribution in [3.63, 3.8) is 0 Å². The maximum absolute atomic E-state index is 14.8. The van der Waals surface area contributed by atoms with Gasteiger partial charge in [0.15, 0.2) is 21.4 Å². The number of ether oxygens (including phenoxy) is 2. The van der Waals surface area contributed by atoms with Crippen molar-refractivity contribution in [2.45, 2.75) is 23.2 Å². The predicted molar refractivity (Wildman–Crippen MR) is 124 cm³/mol. The Hall–Kier alpha value is -3.58. The summed E-state index contributed by atoms with van der Waals surface area (Å²) in [6, 6.07) is 12.4. The van der Waals surface area contributed by atoms with E-state index in [1.807, 2.05) is 30.3 Å². The average molecular weight is 557 g/mol. The molecule has 3 aromatic carbocycles. The van der Waals surface area contributed by atoms with Crippen LogP contribution in [0.5, 0.6) is 17.2 Å². The molecule has 1 heterocycles. The van der Waals surface area contributed by atoms with Gasteiger partial charge in [-0.2, -0.15) is 17.5 Å². The van der Waals surface area contributed by atoms with Crippen LogP contribution in [0.1, 0.15) is 22.0 Å². The molecular weight excluding hydrogens is 539 g/mol. The van der Waals surface area contributed by atoms with Crippen molar-refractivity contribution in [1.29, 1.82) is 0 Å². The normalized spacial score (nSPS) is 11.9. The SMILES string of the molecule is COc1cc(Oc2cc(F)c(S(=O)(=O)Cc3nc(Cc4ccccc4)ns3)cc2F)cc(C(F)(F)F)c1. The fourth-order valence-electron chi connectivity index (χ4n) is 3.31. The highest BCUT2D eigenvalue weighted by atomic mass is 32.2. The van der Waals surface area contributed by atoms with Crippen LogP contribution in [0.15, 0.2) is 65.6 Å². The lowest BCUT2D eigenvalue weighted by molar-refractivity contribution is -0.137. The predicted octanol–water partition coefficient (Wildman–Crippen LogP) is 6.20. The van der Waals surface area contributed by atoms with Gasteiger partial charge in [0.2, 0.25) is 0 Å². The Labute approximate surface area is 212 Å².